The Kier molecular flexibility index (Phi) is 10.8. The zero-order valence-electron chi connectivity index (χ0n) is 22.6. The van der Waals surface area contributed by atoms with Crippen molar-refractivity contribution in [3.63, 3.8) is 0 Å². The van der Waals surface area contributed by atoms with Crippen LogP contribution in [0.5, 0.6) is 0 Å². The van der Waals surface area contributed by atoms with Crippen LogP contribution in [0.15, 0.2) is 83.8 Å². The molecule has 0 saturated carbocycles. The Balaban J connectivity index is 2.10. The number of likely N-dealkylation sites (N-methyl/N-ethyl adjacent to an activating group) is 1. The number of hydrogen-bond donors (Lipinski definition) is 1. The molecule has 0 saturated heterocycles. The van der Waals surface area contributed by atoms with E-state index in [9.17, 15) is 31.2 Å². The van der Waals surface area contributed by atoms with Crippen LogP contribution in [0, 0.1) is 0 Å². The van der Waals surface area contributed by atoms with Crippen molar-refractivity contribution in [2.24, 2.45) is 0 Å². The lowest BCUT2D eigenvalue weighted by molar-refractivity contribution is -0.139. The average Bonchev–Trinajstić information content (AvgIpc) is 2.94. The quantitative estimate of drug-likeness (QED) is 0.292. The first-order chi connectivity index (χ1) is 19.4. The molecule has 0 radical (unpaired) electrons. The second-order valence-electron chi connectivity index (χ2n) is 9.13. The Bertz CT molecular complexity index is 1440. The van der Waals surface area contributed by atoms with Gasteiger partial charge in [0.15, 0.2) is 0 Å². The largest absolute Gasteiger partial charge is 0.416 e. The normalized spacial score (nSPS) is 12.4. The third-order valence-corrected chi connectivity index (χ3v) is 8.47. The molecule has 0 unspecified atom stereocenters. The highest BCUT2D eigenvalue weighted by Gasteiger charge is 2.36. The number of benzene rings is 3. The molecule has 0 bridgehead atoms. The number of carbonyl (C=O) groups is 2. The molecule has 3 aromatic carbocycles. The summed E-state index contributed by atoms with van der Waals surface area (Å²) in [5, 5.41) is 2.40. The molecular formula is C29H31ClF3N3O4S. The minimum Gasteiger partial charge on any atom is -0.355 e. The predicted molar refractivity (Wildman–Crippen MR) is 152 cm³/mol. The van der Waals surface area contributed by atoms with E-state index in [4.69, 9.17) is 11.6 Å². The van der Waals surface area contributed by atoms with Crippen molar-refractivity contribution in [2.45, 2.75) is 43.8 Å². The number of rotatable bonds is 12. The van der Waals surface area contributed by atoms with Crippen LogP contribution in [-0.4, -0.2) is 50.8 Å². The van der Waals surface area contributed by atoms with Crippen LogP contribution < -0.4 is 9.62 Å². The van der Waals surface area contributed by atoms with E-state index in [1.807, 2.05) is 30.3 Å². The van der Waals surface area contributed by atoms with E-state index >= 15 is 0 Å². The Morgan fingerprint density at radius 1 is 0.951 bits per heavy atom. The summed E-state index contributed by atoms with van der Waals surface area (Å²) in [6, 6.07) is 17.5. The van der Waals surface area contributed by atoms with Crippen LogP contribution in [0.4, 0.5) is 18.9 Å². The summed E-state index contributed by atoms with van der Waals surface area (Å²) in [5.41, 5.74) is -0.759. The summed E-state index contributed by atoms with van der Waals surface area (Å²) >= 11 is 6.26. The van der Waals surface area contributed by atoms with Gasteiger partial charge in [-0.3, -0.25) is 13.9 Å². The highest BCUT2D eigenvalue weighted by Crippen LogP contribution is 2.37. The van der Waals surface area contributed by atoms with Gasteiger partial charge in [0.1, 0.15) is 12.6 Å². The number of amides is 2. The molecule has 41 heavy (non-hydrogen) atoms. The van der Waals surface area contributed by atoms with Gasteiger partial charge in [-0.2, -0.15) is 13.2 Å². The molecule has 0 spiro atoms. The maximum absolute atomic E-state index is 13.9. The monoisotopic (exact) mass is 609 g/mol. The van der Waals surface area contributed by atoms with Gasteiger partial charge in [0, 0.05) is 13.1 Å². The first-order valence-electron chi connectivity index (χ1n) is 13.0. The number of nitrogens with zero attached hydrogens (tertiary/aromatic N) is 2. The minimum atomic E-state index is -4.79. The fourth-order valence-electron chi connectivity index (χ4n) is 4.30. The number of carbonyl (C=O) groups excluding carboxylic acids is 2. The molecule has 0 aliphatic rings. The zero-order valence-corrected chi connectivity index (χ0v) is 24.1. The van der Waals surface area contributed by atoms with Gasteiger partial charge < -0.3 is 10.2 Å². The number of halogens is 4. The summed E-state index contributed by atoms with van der Waals surface area (Å²) in [4.78, 5) is 27.9. The van der Waals surface area contributed by atoms with Gasteiger partial charge in [-0.15, -0.1) is 0 Å². The first kappa shape index (κ1) is 32.0. The summed E-state index contributed by atoms with van der Waals surface area (Å²) in [5.74, 6) is -1.20. The average molecular weight is 610 g/mol. The molecule has 0 aromatic heterocycles. The molecule has 0 aliphatic carbocycles. The van der Waals surface area contributed by atoms with E-state index in [1.165, 1.54) is 29.2 Å². The summed E-state index contributed by atoms with van der Waals surface area (Å²) < 4.78 is 69.0. The molecular weight excluding hydrogens is 579 g/mol. The maximum Gasteiger partial charge on any atom is 0.416 e. The van der Waals surface area contributed by atoms with Gasteiger partial charge in [-0.25, -0.2) is 8.42 Å². The van der Waals surface area contributed by atoms with E-state index in [0.717, 1.165) is 17.7 Å². The molecule has 12 heteroatoms. The predicted octanol–water partition coefficient (Wildman–Crippen LogP) is 5.54. The number of anilines is 1. The van der Waals surface area contributed by atoms with Crippen LogP contribution in [0.25, 0.3) is 0 Å². The Morgan fingerprint density at radius 3 is 2.12 bits per heavy atom. The Morgan fingerprint density at radius 2 is 1.56 bits per heavy atom. The van der Waals surface area contributed by atoms with E-state index in [2.05, 4.69) is 5.32 Å². The molecule has 0 aliphatic heterocycles. The number of alkyl halides is 3. The third-order valence-electron chi connectivity index (χ3n) is 6.37. The second kappa shape index (κ2) is 13.9. The highest BCUT2D eigenvalue weighted by molar-refractivity contribution is 7.92. The number of sulfonamides is 1. The van der Waals surface area contributed by atoms with Gasteiger partial charge in [-0.05, 0) is 55.7 Å². The summed E-state index contributed by atoms with van der Waals surface area (Å²) in [7, 11) is -4.56. The zero-order chi connectivity index (χ0) is 30.2. The van der Waals surface area contributed by atoms with E-state index in [0.29, 0.717) is 23.3 Å². The van der Waals surface area contributed by atoms with Gasteiger partial charge >= 0.3 is 6.18 Å². The maximum atomic E-state index is 13.9. The molecule has 220 valence electrons. The standard InChI is InChI=1S/C29H31ClF3N3O4S/c1-3-25(28(38)34-4-2)35(18-17-21-11-7-5-8-12-21)27(37)20-36(41(39,40)23-13-9-6-10-14-23)26-19-22(29(31,32)33)15-16-24(26)30/h5-16,19,25H,3-4,17-18,20H2,1-2H3,(H,34,38)/t25-/m0/s1. The van der Waals surface area contributed by atoms with Crippen molar-refractivity contribution in [3.05, 3.63) is 95.0 Å². The minimum absolute atomic E-state index is 0.0635. The van der Waals surface area contributed by atoms with Crippen molar-refractivity contribution in [1.82, 2.24) is 10.2 Å². The summed E-state index contributed by atoms with van der Waals surface area (Å²) in [6.45, 7) is 2.93. The first-order valence-corrected chi connectivity index (χ1v) is 14.8. The fraction of sp³-hybridized carbons (Fsp3) is 0.310. The molecule has 1 atom stereocenters. The smallest absolute Gasteiger partial charge is 0.355 e. The number of nitrogens with one attached hydrogen (secondary N) is 1. The van der Waals surface area contributed by atoms with Crippen molar-refractivity contribution >= 4 is 39.1 Å². The van der Waals surface area contributed by atoms with Gasteiger partial charge in [-0.1, -0.05) is 67.1 Å². The van der Waals surface area contributed by atoms with Crippen LogP contribution in [-0.2, 0) is 32.2 Å². The van der Waals surface area contributed by atoms with Crippen molar-refractivity contribution < 1.29 is 31.2 Å². The third kappa shape index (κ3) is 8.01. The number of hydrogen-bond acceptors (Lipinski definition) is 4. The second-order valence-corrected chi connectivity index (χ2v) is 11.4. The fourth-order valence-corrected chi connectivity index (χ4v) is 6.02. The van der Waals surface area contributed by atoms with E-state index < -0.39 is 51.9 Å². The van der Waals surface area contributed by atoms with E-state index in [1.54, 1.807) is 19.9 Å². The molecule has 3 rings (SSSR count). The molecule has 7 nitrogen and oxygen atoms in total. The lowest BCUT2D eigenvalue weighted by atomic mass is 10.1. The Labute approximate surface area is 243 Å². The van der Waals surface area contributed by atoms with Crippen LogP contribution in [0.1, 0.15) is 31.4 Å². The lowest BCUT2D eigenvalue weighted by Gasteiger charge is -2.33. The SMILES string of the molecule is CCNC(=O)[C@H](CC)N(CCc1ccccc1)C(=O)CN(c1cc(C(F)(F)F)ccc1Cl)S(=O)(=O)c1ccccc1. The molecule has 3 aromatic rings. The van der Waals surface area contributed by atoms with Gasteiger partial charge in [0.05, 0.1) is 21.2 Å². The Hall–Kier alpha value is -3.57. The van der Waals surface area contributed by atoms with Crippen molar-refractivity contribution in [1.29, 1.82) is 0 Å². The summed E-state index contributed by atoms with van der Waals surface area (Å²) in [6.07, 6.45) is -4.21. The van der Waals surface area contributed by atoms with Crippen LogP contribution >= 0.6 is 11.6 Å². The molecule has 1 N–H and O–H groups in total. The van der Waals surface area contributed by atoms with E-state index in [-0.39, 0.29) is 22.9 Å². The van der Waals surface area contributed by atoms with Crippen LogP contribution in [0.2, 0.25) is 5.02 Å². The van der Waals surface area contributed by atoms with Gasteiger partial charge in [0.25, 0.3) is 10.0 Å². The van der Waals surface area contributed by atoms with Crippen molar-refractivity contribution in [2.75, 3.05) is 23.9 Å². The van der Waals surface area contributed by atoms with Gasteiger partial charge in [0.2, 0.25) is 11.8 Å². The molecule has 2 amide bonds. The molecule has 0 heterocycles. The van der Waals surface area contributed by atoms with Crippen LogP contribution in [0.3, 0.4) is 0 Å². The molecule has 0 fully saturated rings. The topological polar surface area (TPSA) is 86.8 Å². The highest BCUT2D eigenvalue weighted by atomic mass is 35.5. The lowest BCUT2D eigenvalue weighted by Crippen LogP contribution is -2.53. The van der Waals surface area contributed by atoms with Crippen molar-refractivity contribution in [3.8, 4) is 0 Å².